The van der Waals surface area contributed by atoms with Gasteiger partial charge in [0.05, 0.1) is 17.5 Å². The molecule has 3 aliphatic rings. The summed E-state index contributed by atoms with van der Waals surface area (Å²) in [5, 5.41) is 12.2. The number of anilines is 1. The van der Waals surface area contributed by atoms with Gasteiger partial charge in [0.25, 0.3) is 0 Å². The fraction of sp³-hybridized carbons (Fsp3) is 0.167. The maximum absolute atomic E-state index is 14.9. The minimum atomic E-state index is -1.41. The lowest BCUT2D eigenvalue weighted by Crippen LogP contribution is -2.49. The van der Waals surface area contributed by atoms with Crippen LogP contribution in [-0.4, -0.2) is 35.0 Å². The lowest BCUT2D eigenvalue weighted by atomic mass is 9.62. The number of rotatable bonds is 6. The summed E-state index contributed by atoms with van der Waals surface area (Å²) in [6.45, 7) is 1.71. The fourth-order valence-corrected chi connectivity index (χ4v) is 7.13. The Morgan fingerprint density at radius 2 is 1.65 bits per heavy atom. The van der Waals surface area contributed by atoms with Gasteiger partial charge in [0, 0.05) is 17.5 Å². The number of fused-ring (bicyclic) bond motifs is 6. The molecule has 0 aliphatic carbocycles. The van der Waals surface area contributed by atoms with Crippen LogP contribution in [0.5, 0.6) is 5.75 Å². The number of nitrogens with one attached hydrogen (secondary N) is 1. The Bertz CT molecular complexity index is 1870. The number of ketones is 2. The van der Waals surface area contributed by atoms with Crippen LogP contribution in [0.1, 0.15) is 49.0 Å². The third-order valence-electron chi connectivity index (χ3n) is 8.90. The highest BCUT2D eigenvalue weighted by molar-refractivity contribution is 6.17. The molecule has 7 nitrogen and oxygen atoms in total. The Labute approximate surface area is 249 Å². The van der Waals surface area contributed by atoms with E-state index >= 15 is 0 Å². The van der Waals surface area contributed by atoms with Gasteiger partial charge in [-0.3, -0.25) is 14.4 Å². The Balaban J connectivity index is 1.52. The second-order valence-corrected chi connectivity index (χ2v) is 11.1. The van der Waals surface area contributed by atoms with E-state index in [9.17, 15) is 19.6 Å². The zero-order chi connectivity index (χ0) is 29.7. The van der Waals surface area contributed by atoms with Crippen molar-refractivity contribution in [2.45, 2.75) is 24.4 Å². The van der Waals surface area contributed by atoms with Crippen LogP contribution in [0.25, 0.3) is 6.08 Å². The topological polar surface area (TPSA) is 99.5 Å². The molecule has 0 aromatic heterocycles. The lowest BCUT2D eigenvalue weighted by Gasteiger charge is -2.38. The summed E-state index contributed by atoms with van der Waals surface area (Å²) < 4.78 is 5.66. The predicted octanol–water partition coefficient (Wildman–Crippen LogP) is 5.88. The number of nitriles is 1. The summed E-state index contributed by atoms with van der Waals surface area (Å²) in [5.74, 6) is -1.80. The van der Waals surface area contributed by atoms with Gasteiger partial charge in [-0.2, -0.15) is 5.26 Å². The molecule has 0 saturated carbocycles. The molecule has 3 aliphatic heterocycles. The van der Waals surface area contributed by atoms with Gasteiger partial charge in [0.1, 0.15) is 23.3 Å². The molecule has 210 valence electrons. The second kappa shape index (κ2) is 10.1. The van der Waals surface area contributed by atoms with Crippen molar-refractivity contribution in [1.29, 1.82) is 5.26 Å². The second-order valence-electron chi connectivity index (χ2n) is 11.1. The molecule has 1 spiro atoms. The molecular weight excluding hydrogens is 538 g/mol. The van der Waals surface area contributed by atoms with Gasteiger partial charge in [-0.05, 0) is 47.9 Å². The van der Waals surface area contributed by atoms with E-state index in [1.54, 1.807) is 36.4 Å². The van der Waals surface area contributed by atoms with E-state index in [1.165, 1.54) is 0 Å². The number of para-hydroxylation sites is 2. The summed E-state index contributed by atoms with van der Waals surface area (Å²) in [4.78, 5) is 46.2. The molecule has 1 amide bonds. The van der Waals surface area contributed by atoms with E-state index in [1.807, 2.05) is 90.8 Å². The van der Waals surface area contributed by atoms with Crippen LogP contribution in [0.4, 0.5) is 5.69 Å². The first-order valence-electron chi connectivity index (χ1n) is 14.2. The van der Waals surface area contributed by atoms with Gasteiger partial charge in [-0.1, -0.05) is 84.4 Å². The summed E-state index contributed by atoms with van der Waals surface area (Å²) in [5.41, 5.74) is 3.36. The number of carbonyl (C=O) groups excluding carboxylic acids is 3. The van der Waals surface area contributed by atoms with Crippen molar-refractivity contribution in [3.63, 3.8) is 0 Å². The number of hydrogen-bond acceptors (Lipinski definition) is 6. The third kappa shape index (κ3) is 3.84. The average Bonchev–Trinajstić information content (AvgIpc) is 3.52. The minimum Gasteiger partial charge on any atom is -0.478 e. The molecule has 4 aromatic carbocycles. The highest BCUT2D eigenvalue weighted by Gasteiger charge is 2.70. The number of carbonyl (C=O) groups is 3. The largest absolute Gasteiger partial charge is 0.478 e. The quantitative estimate of drug-likeness (QED) is 0.293. The zero-order valence-electron chi connectivity index (χ0n) is 23.4. The first-order chi connectivity index (χ1) is 21.0. The van der Waals surface area contributed by atoms with Crippen LogP contribution in [-0.2, 0) is 10.2 Å². The number of benzene rings is 4. The SMILES string of the molecule is Cc1ccc(C(=O)[C@@H]2[C@H](C(=O)c3ccccc3OCC#N)N3C=Cc4ccccc4[C@@H]3[C@]23C(=O)Nc2ccccc23)cc1. The number of hydrogen-bond donors (Lipinski definition) is 1. The number of aryl methyl sites for hydroxylation is 1. The van der Waals surface area contributed by atoms with E-state index in [2.05, 4.69) is 5.32 Å². The Hall–Kier alpha value is -5.48. The molecule has 7 heteroatoms. The van der Waals surface area contributed by atoms with Gasteiger partial charge in [-0.15, -0.1) is 0 Å². The van der Waals surface area contributed by atoms with Crippen LogP contribution in [0.15, 0.2) is 103 Å². The Morgan fingerprint density at radius 3 is 2.47 bits per heavy atom. The maximum Gasteiger partial charge on any atom is 0.238 e. The van der Waals surface area contributed by atoms with Crippen molar-refractivity contribution in [2.75, 3.05) is 11.9 Å². The third-order valence-corrected chi connectivity index (χ3v) is 8.90. The van der Waals surface area contributed by atoms with Crippen LogP contribution < -0.4 is 10.1 Å². The maximum atomic E-state index is 14.9. The summed E-state index contributed by atoms with van der Waals surface area (Å²) in [6, 6.07) is 29.5. The lowest BCUT2D eigenvalue weighted by molar-refractivity contribution is -0.122. The molecule has 1 N–H and O–H groups in total. The molecule has 3 heterocycles. The van der Waals surface area contributed by atoms with Gasteiger partial charge in [0.15, 0.2) is 18.2 Å². The smallest absolute Gasteiger partial charge is 0.238 e. The van der Waals surface area contributed by atoms with Gasteiger partial charge in [0.2, 0.25) is 5.91 Å². The van der Waals surface area contributed by atoms with Gasteiger partial charge in [-0.25, -0.2) is 0 Å². The molecule has 4 aromatic rings. The van der Waals surface area contributed by atoms with E-state index in [0.717, 1.165) is 16.7 Å². The van der Waals surface area contributed by atoms with E-state index in [0.29, 0.717) is 16.8 Å². The number of amides is 1. The molecular formula is C36H27N3O4. The van der Waals surface area contributed by atoms with E-state index in [-0.39, 0.29) is 35.4 Å². The molecule has 1 saturated heterocycles. The van der Waals surface area contributed by atoms with Crippen molar-refractivity contribution in [3.05, 3.63) is 137 Å². The zero-order valence-corrected chi connectivity index (χ0v) is 23.4. The molecule has 0 radical (unpaired) electrons. The van der Waals surface area contributed by atoms with Crippen molar-refractivity contribution in [3.8, 4) is 11.8 Å². The van der Waals surface area contributed by atoms with Crippen LogP contribution in [0.2, 0.25) is 0 Å². The Kier molecular flexibility index (Phi) is 6.21. The minimum absolute atomic E-state index is 0.236. The van der Waals surface area contributed by atoms with Gasteiger partial charge >= 0.3 is 0 Å². The highest BCUT2D eigenvalue weighted by atomic mass is 16.5. The Morgan fingerprint density at radius 1 is 0.930 bits per heavy atom. The summed E-state index contributed by atoms with van der Waals surface area (Å²) >= 11 is 0. The highest BCUT2D eigenvalue weighted by Crippen LogP contribution is 2.62. The molecule has 43 heavy (non-hydrogen) atoms. The first-order valence-corrected chi connectivity index (χ1v) is 14.2. The molecule has 0 bridgehead atoms. The predicted molar refractivity (Wildman–Crippen MR) is 161 cm³/mol. The molecule has 0 unspecified atom stereocenters. The molecule has 1 fully saturated rings. The van der Waals surface area contributed by atoms with Crippen LogP contribution in [0.3, 0.4) is 0 Å². The van der Waals surface area contributed by atoms with Crippen LogP contribution in [0, 0.1) is 24.2 Å². The standard InChI is InChI=1S/C36H27N3O4/c1-22-14-16-24(17-15-22)32(40)30-31(33(41)26-10-4-7-13-29(26)43-21-19-37)39-20-18-23-8-2-3-9-25(23)34(39)36(30)27-11-5-6-12-28(27)38-35(36)42/h2-18,20,30-31,34H,21H2,1H3,(H,38,42)/t30-,31+,34+,36+/m0/s1. The van der Waals surface area contributed by atoms with Crippen molar-refractivity contribution in [1.82, 2.24) is 4.90 Å². The normalized spacial score (nSPS) is 22.7. The monoisotopic (exact) mass is 565 g/mol. The number of ether oxygens (including phenoxy) is 1. The van der Waals surface area contributed by atoms with Crippen molar-refractivity contribution >= 4 is 29.2 Å². The van der Waals surface area contributed by atoms with Crippen LogP contribution >= 0.6 is 0 Å². The molecule has 7 rings (SSSR count). The molecule has 4 atom stereocenters. The summed E-state index contributed by atoms with van der Waals surface area (Å²) in [6.07, 6.45) is 3.77. The summed E-state index contributed by atoms with van der Waals surface area (Å²) in [7, 11) is 0. The number of nitrogens with zero attached hydrogens (tertiary/aromatic N) is 2. The van der Waals surface area contributed by atoms with E-state index in [4.69, 9.17) is 4.74 Å². The van der Waals surface area contributed by atoms with E-state index < -0.39 is 23.4 Å². The fourth-order valence-electron chi connectivity index (χ4n) is 7.13. The number of Topliss-reactive ketones (excluding diaryl/α,β-unsaturated/α-hetero) is 2. The first kappa shape index (κ1) is 26.4. The van der Waals surface area contributed by atoms with Crippen molar-refractivity contribution in [2.24, 2.45) is 5.92 Å². The van der Waals surface area contributed by atoms with Crippen molar-refractivity contribution < 1.29 is 19.1 Å². The average molecular weight is 566 g/mol. The van der Waals surface area contributed by atoms with Gasteiger partial charge < -0.3 is 15.0 Å².